The van der Waals surface area contributed by atoms with Gasteiger partial charge in [-0.15, -0.1) is 0 Å². The van der Waals surface area contributed by atoms with Crippen LogP contribution in [0, 0.1) is 5.92 Å². The van der Waals surface area contributed by atoms with Gasteiger partial charge in [-0.3, -0.25) is 4.55 Å². The molecule has 1 aliphatic rings. The van der Waals surface area contributed by atoms with Crippen LogP contribution in [0.2, 0.25) is 0 Å². The first-order valence-electron chi connectivity index (χ1n) is 10.5. The lowest BCUT2D eigenvalue weighted by molar-refractivity contribution is 0.138. The Kier molecular flexibility index (Phi) is 6.44. The Morgan fingerprint density at radius 1 is 0.733 bits per heavy atom. The molecule has 30 heavy (non-hydrogen) atoms. The third-order valence-corrected chi connectivity index (χ3v) is 13.6. The zero-order valence-corrected chi connectivity index (χ0v) is 18.9. The van der Waals surface area contributed by atoms with Gasteiger partial charge in [0.15, 0.2) is 0 Å². The molecular weight excluding hydrogens is 412 g/mol. The molecule has 3 aromatic rings. The van der Waals surface area contributed by atoms with Gasteiger partial charge in [0.25, 0.3) is 0 Å². The largest absolute Gasteiger partial charge is 0.340 e. The Labute approximate surface area is 180 Å². The molecule has 3 nitrogen and oxygen atoms in total. The minimum absolute atomic E-state index is 0.193. The molecule has 0 amide bonds. The van der Waals surface area contributed by atoms with Crippen molar-refractivity contribution in [2.45, 2.75) is 53.4 Å². The van der Waals surface area contributed by atoms with Crippen LogP contribution in [0.15, 0.2) is 106 Å². The van der Waals surface area contributed by atoms with Crippen molar-refractivity contribution in [2.24, 2.45) is 5.92 Å². The quantitative estimate of drug-likeness (QED) is 0.460. The minimum atomic E-state index is -3.73. The fraction of sp³-hybridized carbons (Fsp3) is 0.280. The Balaban J connectivity index is 2.04. The van der Waals surface area contributed by atoms with Gasteiger partial charge in [-0.05, 0) is 68.0 Å². The van der Waals surface area contributed by atoms with Crippen molar-refractivity contribution in [3.8, 4) is 0 Å². The van der Waals surface area contributed by atoms with Crippen LogP contribution in [0.1, 0.15) is 32.6 Å². The molecule has 0 heterocycles. The molecule has 0 bridgehead atoms. The summed E-state index contributed by atoms with van der Waals surface area (Å²) in [6, 6.07) is 29.1. The molecule has 3 aromatic carbocycles. The van der Waals surface area contributed by atoms with Gasteiger partial charge in [-0.25, -0.2) is 4.18 Å². The van der Waals surface area contributed by atoms with Gasteiger partial charge in [-0.1, -0.05) is 61.5 Å². The third kappa shape index (κ3) is 4.00. The van der Waals surface area contributed by atoms with E-state index in [4.69, 9.17) is 4.18 Å². The van der Waals surface area contributed by atoms with E-state index in [9.17, 15) is 8.76 Å². The maximum absolute atomic E-state index is 14.3. The highest BCUT2D eigenvalue weighted by Crippen LogP contribution is 2.42. The normalized spacial score (nSPS) is 21.7. The smallest absolute Gasteiger partial charge is 0.260 e. The number of hydrogen-bond acceptors (Lipinski definition) is 2. The van der Waals surface area contributed by atoms with Crippen LogP contribution in [0.25, 0.3) is 0 Å². The topological polar surface area (TPSA) is 46.5 Å². The van der Waals surface area contributed by atoms with Crippen LogP contribution in [-0.4, -0.2) is 14.9 Å². The zero-order valence-electron chi connectivity index (χ0n) is 17.2. The van der Waals surface area contributed by atoms with E-state index in [-0.39, 0.29) is 6.10 Å². The second-order valence-corrected chi connectivity index (χ2v) is 14.2. The van der Waals surface area contributed by atoms with Crippen molar-refractivity contribution in [1.29, 1.82) is 0 Å². The monoisotopic (exact) mass is 441 g/mol. The van der Waals surface area contributed by atoms with E-state index in [0.717, 1.165) is 40.4 Å². The highest BCUT2D eigenvalue weighted by Gasteiger charge is 2.43. The summed E-state index contributed by atoms with van der Waals surface area (Å²) in [5.41, 5.74) is 0. The van der Waals surface area contributed by atoms with Gasteiger partial charge < -0.3 is 0 Å². The van der Waals surface area contributed by atoms with E-state index in [1.807, 2.05) is 91.0 Å². The van der Waals surface area contributed by atoms with E-state index >= 15 is 0 Å². The van der Waals surface area contributed by atoms with Gasteiger partial charge in [0.1, 0.15) is 14.7 Å². The summed E-state index contributed by atoms with van der Waals surface area (Å²) in [4.78, 5) is 2.50. The molecule has 1 N–H and O–H groups in total. The molecule has 0 saturated heterocycles. The van der Waals surface area contributed by atoms with Crippen molar-refractivity contribution < 1.29 is 12.9 Å². The minimum Gasteiger partial charge on any atom is -0.260 e. The Morgan fingerprint density at radius 2 is 1.10 bits per heavy atom. The molecule has 5 heteroatoms. The summed E-state index contributed by atoms with van der Waals surface area (Å²) in [5, 5.41) is 0. The van der Waals surface area contributed by atoms with Gasteiger partial charge in [-0.2, -0.15) is 4.21 Å². The highest BCUT2D eigenvalue weighted by molar-refractivity contribution is 8.52. The lowest BCUT2D eigenvalue weighted by Crippen LogP contribution is -2.31. The first-order chi connectivity index (χ1) is 14.5. The summed E-state index contributed by atoms with van der Waals surface area (Å²) >= 11 is 0. The second-order valence-electron chi connectivity index (χ2n) is 7.90. The van der Waals surface area contributed by atoms with E-state index in [1.54, 1.807) is 0 Å². The third-order valence-electron chi connectivity index (χ3n) is 5.76. The Hall–Kier alpha value is -1.92. The lowest BCUT2D eigenvalue weighted by Gasteiger charge is -2.28. The van der Waals surface area contributed by atoms with Crippen molar-refractivity contribution >= 4 is 17.6 Å². The fourth-order valence-corrected chi connectivity index (χ4v) is 11.9. The van der Waals surface area contributed by atoms with Crippen LogP contribution in [-0.2, 0) is 21.8 Å². The lowest BCUT2D eigenvalue weighted by atomic mass is 9.89. The van der Waals surface area contributed by atoms with E-state index in [2.05, 4.69) is 6.92 Å². The molecule has 1 saturated carbocycles. The second kappa shape index (κ2) is 9.06. The maximum atomic E-state index is 14.3. The van der Waals surface area contributed by atoms with Crippen LogP contribution in [0.4, 0.5) is 0 Å². The summed E-state index contributed by atoms with van der Waals surface area (Å²) in [7, 11) is -6.29. The molecule has 1 unspecified atom stereocenters. The van der Waals surface area contributed by atoms with Crippen LogP contribution in [0.3, 0.4) is 0 Å². The molecule has 0 radical (unpaired) electrons. The molecule has 1 fully saturated rings. The maximum Gasteiger partial charge on any atom is 0.340 e. The Morgan fingerprint density at radius 3 is 1.47 bits per heavy atom. The van der Waals surface area contributed by atoms with Gasteiger partial charge in [0.2, 0.25) is 0 Å². The van der Waals surface area contributed by atoms with Crippen LogP contribution >= 0.6 is 0 Å². The van der Waals surface area contributed by atoms with Gasteiger partial charge in [0, 0.05) is 0 Å². The standard InChI is InChI=1S/C25H28O3S2/c1-21-17-19-22(20-18-21)28-30(26,27)29(23-11-5-2-6-12-23,24-13-7-3-8-14-24)25-15-9-4-10-16-25/h2-16,21-22H,17-20H2,1H3/p+1. The first-order valence-corrected chi connectivity index (χ1v) is 14.1. The van der Waals surface area contributed by atoms with Crippen LogP contribution in [0.5, 0.6) is 0 Å². The van der Waals surface area contributed by atoms with Crippen molar-refractivity contribution in [3.05, 3.63) is 91.0 Å². The first kappa shape index (κ1) is 21.3. The summed E-state index contributed by atoms with van der Waals surface area (Å²) < 4.78 is 32.3. The highest BCUT2D eigenvalue weighted by atomic mass is 32.9. The molecule has 1 aliphatic carbocycles. The van der Waals surface area contributed by atoms with Crippen molar-refractivity contribution in [1.82, 2.24) is 0 Å². The summed E-state index contributed by atoms with van der Waals surface area (Å²) in [6.07, 6.45) is 3.52. The average molecular weight is 442 g/mol. The molecule has 4 rings (SSSR count). The predicted octanol–water partition coefficient (Wildman–Crippen LogP) is 6.50. The molecular formula is C25H29O3S2+. The van der Waals surface area contributed by atoms with E-state index in [1.165, 1.54) is 0 Å². The number of hydrogen-bond donors (Lipinski definition) is 1. The number of benzene rings is 3. The predicted molar refractivity (Wildman–Crippen MR) is 125 cm³/mol. The average Bonchev–Trinajstić information content (AvgIpc) is 2.78. The van der Waals surface area contributed by atoms with Gasteiger partial charge >= 0.3 is 9.05 Å². The van der Waals surface area contributed by atoms with Crippen LogP contribution < -0.4 is 0 Å². The van der Waals surface area contributed by atoms with Crippen molar-refractivity contribution in [2.75, 3.05) is 0 Å². The molecule has 1 atom stereocenters. The molecule has 0 aromatic heterocycles. The molecule has 0 spiro atoms. The van der Waals surface area contributed by atoms with E-state index in [0.29, 0.717) is 5.92 Å². The fourth-order valence-electron chi connectivity index (χ4n) is 4.17. The number of rotatable bonds is 5. The molecule has 158 valence electrons. The summed E-state index contributed by atoms with van der Waals surface area (Å²) in [5.74, 6) is 0.647. The van der Waals surface area contributed by atoms with E-state index < -0.39 is 17.6 Å². The Bertz CT molecular complexity index is 993. The summed E-state index contributed by atoms with van der Waals surface area (Å²) in [6.45, 7) is 2.24. The molecule has 0 aliphatic heterocycles. The zero-order chi connectivity index (χ0) is 21.0. The van der Waals surface area contributed by atoms with Crippen molar-refractivity contribution in [3.63, 3.8) is 0 Å². The van der Waals surface area contributed by atoms with Gasteiger partial charge in [0.05, 0.1) is 14.7 Å². The SMILES string of the molecule is CC1CCC(OS(=O)(O)=[S+](c2ccccc2)(c2ccccc2)c2ccccc2)CC1.